The van der Waals surface area contributed by atoms with Gasteiger partial charge in [-0.3, -0.25) is 0 Å². The second-order valence-electron chi connectivity index (χ2n) is 5.93. The van der Waals surface area contributed by atoms with Crippen LogP contribution in [0.3, 0.4) is 0 Å². The number of hydrogen-bond donors (Lipinski definition) is 0. The third-order valence-corrected chi connectivity index (χ3v) is 5.08. The smallest absolute Gasteiger partial charge is 0.149 e. The van der Waals surface area contributed by atoms with Gasteiger partial charge in [0, 0.05) is 17.5 Å². The summed E-state index contributed by atoms with van der Waals surface area (Å²) in [5, 5.41) is 20.4. The van der Waals surface area contributed by atoms with E-state index in [4.69, 9.17) is 6.42 Å². The second-order valence-corrected chi connectivity index (χ2v) is 6.99. The highest BCUT2D eigenvalue weighted by molar-refractivity contribution is 7.99. The first kappa shape index (κ1) is 19.1. The van der Waals surface area contributed by atoms with Crippen molar-refractivity contribution in [3.63, 3.8) is 0 Å². The Balaban J connectivity index is 2.31. The zero-order valence-corrected chi connectivity index (χ0v) is 16.1. The molecular formula is C23H16N4S. The molecule has 0 atom stereocenters. The number of aromatic nitrogens is 1. The Kier molecular flexibility index (Phi) is 5.97. The van der Waals surface area contributed by atoms with Crippen LogP contribution in [-0.4, -0.2) is 18.6 Å². The van der Waals surface area contributed by atoms with E-state index in [9.17, 15) is 10.5 Å². The number of terminal acetylenes is 1. The minimum absolute atomic E-state index is 0.303. The Bertz CT molecular complexity index is 1100. The molecular weight excluding hydrogens is 364 g/mol. The Hall–Kier alpha value is -3.72. The minimum Gasteiger partial charge on any atom is -0.347 e. The fourth-order valence-corrected chi connectivity index (χ4v) is 3.72. The van der Waals surface area contributed by atoms with Gasteiger partial charge in [0.25, 0.3) is 0 Å². The highest BCUT2D eigenvalue weighted by Gasteiger charge is 2.23. The molecule has 0 saturated heterocycles. The van der Waals surface area contributed by atoms with Crippen LogP contribution >= 0.6 is 11.8 Å². The Morgan fingerprint density at radius 3 is 2.14 bits per heavy atom. The molecule has 0 amide bonds. The number of nitriles is 2. The fraction of sp³-hybridized carbons (Fsp3) is 0.0870. The average Bonchev–Trinajstić information content (AvgIpc) is 2.74. The summed E-state index contributed by atoms with van der Waals surface area (Å²) < 4.78 is 0. The predicted molar refractivity (Wildman–Crippen MR) is 112 cm³/mol. The number of hydrogen-bond acceptors (Lipinski definition) is 5. The van der Waals surface area contributed by atoms with Gasteiger partial charge in [0.15, 0.2) is 0 Å². The largest absolute Gasteiger partial charge is 0.347 e. The maximum absolute atomic E-state index is 9.93. The topological polar surface area (TPSA) is 63.7 Å². The third kappa shape index (κ3) is 3.84. The molecule has 0 N–H and O–H groups in total. The van der Waals surface area contributed by atoms with Crippen molar-refractivity contribution in [3.8, 4) is 35.6 Å². The lowest BCUT2D eigenvalue weighted by molar-refractivity contribution is 0.963. The highest BCUT2D eigenvalue weighted by atomic mass is 32.2. The zero-order chi connectivity index (χ0) is 19.9. The molecule has 0 aliphatic carbocycles. The molecule has 1 heterocycles. The molecule has 0 aliphatic rings. The van der Waals surface area contributed by atoms with Crippen molar-refractivity contribution < 1.29 is 0 Å². The molecule has 3 aromatic rings. The number of nitrogens with zero attached hydrogens (tertiary/aromatic N) is 4. The molecule has 5 heteroatoms. The molecule has 2 aromatic carbocycles. The van der Waals surface area contributed by atoms with Gasteiger partial charge >= 0.3 is 0 Å². The maximum atomic E-state index is 9.93. The van der Waals surface area contributed by atoms with Crippen molar-refractivity contribution in [3.05, 3.63) is 71.8 Å². The molecule has 0 radical (unpaired) electrons. The monoisotopic (exact) mass is 380 g/mol. The standard InChI is InChI=1S/C23H16N4S/c1-3-14-27(2)22-19(15-24)21(17-10-6-4-7-11-17)20(16-25)23(26-22)28-18-12-8-5-9-13-18/h1,4-13H,14H2,2H3. The molecule has 4 nitrogen and oxygen atoms in total. The molecule has 0 aliphatic heterocycles. The SMILES string of the molecule is C#CCN(C)c1nc(Sc2ccccc2)c(C#N)c(-c2ccccc2)c1C#N. The summed E-state index contributed by atoms with van der Waals surface area (Å²) in [5.41, 5.74) is 2.11. The first-order valence-corrected chi connectivity index (χ1v) is 9.32. The molecule has 28 heavy (non-hydrogen) atoms. The molecule has 0 fully saturated rings. The van der Waals surface area contributed by atoms with Crippen LogP contribution in [0.25, 0.3) is 11.1 Å². The van der Waals surface area contributed by atoms with E-state index in [1.54, 1.807) is 11.9 Å². The van der Waals surface area contributed by atoms with E-state index in [0.29, 0.717) is 34.1 Å². The van der Waals surface area contributed by atoms with E-state index < -0.39 is 0 Å². The van der Waals surface area contributed by atoms with Gasteiger partial charge in [-0.2, -0.15) is 10.5 Å². The van der Waals surface area contributed by atoms with Gasteiger partial charge in [0.05, 0.1) is 12.1 Å². The second kappa shape index (κ2) is 8.78. The normalized spacial score (nSPS) is 9.79. The molecule has 3 rings (SSSR count). The third-order valence-electron chi connectivity index (χ3n) is 4.08. The Morgan fingerprint density at radius 2 is 1.57 bits per heavy atom. The van der Waals surface area contributed by atoms with Crippen LogP contribution in [-0.2, 0) is 0 Å². The summed E-state index contributed by atoms with van der Waals surface area (Å²) >= 11 is 1.40. The van der Waals surface area contributed by atoms with Crippen molar-refractivity contribution in [2.45, 2.75) is 9.92 Å². The summed E-state index contributed by atoms with van der Waals surface area (Å²) in [6, 6.07) is 23.6. The molecule has 1 aromatic heterocycles. The lowest BCUT2D eigenvalue weighted by Crippen LogP contribution is -2.21. The maximum Gasteiger partial charge on any atom is 0.149 e. The van der Waals surface area contributed by atoms with E-state index in [-0.39, 0.29) is 0 Å². The summed E-state index contributed by atoms with van der Waals surface area (Å²) in [4.78, 5) is 7.37. The van der Waals surface area contributed by atoms with Gasteiger partial charge in [-0.05, 0) is 17.7 Å². The van der Waals surface area contributed by atoms with Crippen LogP contribution in [0, 0.1) is 35.0 Å². The fourth-order valence-electron chi connectivity index (χ4n) is 2.82. The van der Waals surface area contributed by atoms with Gasteiger partial charge in [0.2, 0.25) is 0 Å². The van der Waals surface area contributed by atoms with E-state index in [1.807, 2.05) is 60.7 Å². The number of pyridine rings is 1. The van der Waals surface area contributed by atoms with E-state index in [0.717, 1.165) is 10.5 Å². The van der Waals surface area contributed by atoms with Crippen LogP contribution in [0.1, 0.15) is 11.1 Å². The van der Waals surface area contributed by atoms with Crippen molar-refractivity contribution in [2.24, 2.45) is 0 Å². The number of anilines is 1. The van der Waals surface area contributed by atoms with E-state index in [2.05, 4.69) is 23.0 Å². The van der Waals surface area contributed by atoms with Crippen LogP contribution in [0.4, 0.5) is 5.82 Å². The van der Waals surface area contributed by atoms with Gasteiger partial charge in [-0.25, -0.2) is 4.98 Å². The average molecular weight is 380 g/mol. The minimum atomic E-state index is 0.303. The van der Waals surface area contributed by atoms with Crippen molar-refractivity contribution >= 4 is 17.6 Å². The Morgan fingerprint density at radius 1 is 0.964 bits per heavy atom. The molecule has 0 bridgehead atoms. The van der Waals surface area contributed by atoms with Gasteiger partial charge in [-0.1, -0.05) is 66.2 Å². The predicted octanol–water partition coefficient (Wildman–Crippen LogP) is 4.71. The molecule has 0 unspecified atom stereocenters. The molecule has 0 saturated carbocycles. The summed E-state index contributed by atoms with van der Waals surface area (Å²) in [6.45, 7) is 0.303. The summed E-state index contributed by atoms with van der Waals surface area (Å²) in [6.07, 6.45) is 5.47. The molecule has 134 valence electrons. The number of rotatable bonds is 5. The van der Waals surface area contributed by atoms with Gasteiger partial charge < -0.3 is 4.90 Å². The van der Waals surface area contributed by atoms with Crippen molar-refractivity contribution in [1.82, 2.24) is 4.98 Å². The first-order chi connectivity index (χ1) is 13.7. The summed E-state index contributed by atoms with van der Waals surface area (Å²) in [7, 11) is 1.79. The van der Waals surface area contributed by atoms with Crippen LogP contribution in [0.2, 0.25) is 0 Å². The van der Waals surface area contributed by atoms with E-state index >= 15 is 0 Å². The van der Waals surface area contributed by atoms with E-state index in [1.165, 1.54) is 11.8 Å². The highest BCUT2D eigenvalue weighted by Crippen LogP contribution is 2.39. The number of benzene rings is 2. The van der Waals surface area contributed by atoms with Crippen molar-refractivity contribution in [2.75, 3.05) is 18.5 Å². The lowest BCUT2D eigenvalue weighted by Gasteiger charge is -2.21. The zero-order valence-electron chi connectivity index (χ0n) is 15.3. The first-order valence-electron chi connectivity index (χ1n) is 8.50. The Labute approximate surface area is 169 Å². The molecule has 0 spiro atoms. The van der Waals surface area contributed by atoms with Crippen LogP contribution < -0.4 is 4.90 Å². The summed E-state index contributed by atoms with van der Waals surface area (Å²) in [5.74, 6) is 3.05. The lowest BCUT2D eigenvalue weighted by atomic mass is 9.96. The van der Waals surface area contributed by atoms with Gasteiger partial charge in [-0.15, -0.1) is 6.42 Å². The van der Waals surface area contributed by atoms with Gasteiger partial charge in [0.1, 0.15) is 28.5 Å². The van der Waals surface area contributed by atoms with Crippen LogP contribution in [0.5, 0.6) is 0 Å². The van der Waals surface area contributed by atoms with Crippen LogP contribution in [0.15, 0.2) is 70.6 Å². The van der Waals surface area contributed by atoms with Crippen molar-refractivity contribution in [1.29, 1.82) is 10.5 Å². The quantitative estimate of drug-likeness (QED) is 0.600.